The molecule has 21 heavy (non-hydrogen) atoms. The summed E-state index contributed by atoms with van der Waals surface area (Å²) in [5.41, 5.74) is 6.59. The van der Waals surface area contributed by atoms with Crippen LogP contribution in [0.4, 0.5) is 5.82 Å². The van der Waals surface area contributed by atoms with Crippen molar-refractivity contribution < 1.29 is 5.21 Å². The first-order valence-corrected chi connectivity index (χ1v) is 6.78. The summed E-state index contributed by atoms with van der Waals surface area (Å²) < 4.78 is 0. The average Bonchev–Trinajstić information content (AvgIpc) is 2.53. The Kier molecular flexibility index (Phi) is 5.34. The maximum Gasteiger partial charge on any atom is 0.140 e. The lowest BCUT2D eigenvalue weighted by molar-refractivity contribution is 0.317. The van der Waals surface area contributed by atoms with Crippen molar-refractivity contribution in [1.82, 2.24) is 9.97 Å². The van der Waals surface area contributed by atoms with Crippen LogP contribution in [0.15, 0.2) is 48.0 Å². The molecule has 0 spiro atoms. The summed E-state index contributed by atoms with van der Waals surface area (Å²) in [6.45, 7) is 1.20. The summed E-state index contributed by atoms with van der Waals surface area (Å²) >= 11 is 5.86. The van der Waals surface area contributed by atoms with Crippen LogP contribution in [-0.4, -0.2) is 27.6 Å². The summed E-state index contributed by atoms with van der Waals surface area (Å²) in [5.74, 6) is 0.953. The highest BCUT2D eigenvalue weighted by atomic mass is 35.5. The van der Waals surface area contributed by atoms with Crippen LogP contribution in [0.3, 0.4) is 0 Å². The number of aromatic nitrogens is 2. The zero-order chi connectivity index (χ0) is 15.1. The minimum atomic E-state index is 0.181. The molecule has 0 bridgehead atoms. The number of oxime groups is 1. The first-order chi connectivity index (χ1) is 10.2. The molecule has 0 fully saturated rings. The third-order valence-corrected chi connectivity index (χ3v) is 3.12. The molecule has 7 heteroatoms. The largest absolute Gasteiger partial charge is 0.409 e. The average molecular weight is 306 g/mol. The molecule has 0 aliphatic heterocycles. The summed E-state index contributed by atoms with van der Waals surface area (Å²) in [5, 5.41) is 12.2. The molecule has 110 valence electrons. The normalized spacial score (nSPS) is 11.4. The van der Waals surface area contributed by atoms with Gasteiger partial charge in [-0.05, 0) is 23.8 Å². The zero-order valence-corrected chi connectivity index (χ0v) is 12.1. The van der Waals surface area contributed by atoms with E-state index in [9.17, 15) is 0 Å². The van der Waals surface area contributed by atoms with Crippen LogP contribution in [-0.2, 0) is 6.54 Å². The molecule has 2 aromatic heterocycles. The predicted molar refractivity (Wildman–Crippen MR) is 82.6 cm³/mol. The van der Waals surface area contributed by atoms with Gasteiger partial charge in [0.15, 0.2) is 0 Å². The molecule has 0 aliphatic rings. The summed E-state index contributed by atoms with van der Waals surface area (Å²) in [6, 6.07) is 7.49. The number of rotatable bonds is 6. The zero-order valence-electron chi connectivity index (χ0n) is 11.4. The van der Waals surface area contributed by atoms with Gasteiger partial charge in [-0.1, -0.05) is 22.8 Å². The van der Waals surface area contributed by atoms with Crippen LogP contribution in [0.1, 0.15) is 12.0 Å². The Labute approximate surface area is 127 Å². The predicted octanol–water partition coefficient (Wildman–Crippen LogP) is 2.27. The molecular formula is C14H16ClN5O. The minimum Gasteiger partial charge on any atom is -0.409 e. The SMILES string of the molecule is N/C(CCN(Cc1cccnc1)c1ccc(Cl)cn1)=N\O. The van der Waals surface area contributed by atoms with Gasteiger partial charge >= 0.3 is 0 Å². The van der Waals surface area contributed by atoms with E-state index in [0.29, 0.717) is 24.5 Å². The number of amidine groups is 1. The molecule has 0 atom stereocenters. The van der Waals surface area contributed by atoms with Gasteiger partial charge in [0, 0.05) is 38.1 Å². The van der Waals surface area contributed by atoms with E-state index in [-0.39, 0.29) is 5.84 Å². The van der Waals surface area contributed by atoms with Gasteiger partial charge in [-0.15, -0.1) is 0 Å². The van der Waals surface area contributed by atoms with Crippen molar-refractivity contribution in [3.63, 3.8) is 0 Å². The summed E-state index contributed by atoms with van der Waals surface area (Å²) in [7, 11) is 0. The van der Waals surface area contributed by atoms with Crippen molar-refractivity contribution in [2.45, 2.75) is 13.0 Å². The first-order valence-electron chi connectivity index (χ1n) is 6.41. The van der Waals surface area contributed by atoms with Crippen molar-refractivity contribution in [3.05, 3.63) is 53.4 Å². The maximum atomic E-state index is 8.65. The van der Waals surface area contributed by atoms with Crippen LogP contribution >= 0.6 is 11.6 Å². The Morgan fingerprint density at radius 1 is 1.33 bits per heavy atom. The summed E-state index contributed by atoms with van der Waals surface area (Å²) in [6.07, 6.45) is 5.55. The Hall–Kier alpha value is -2.34. The lowest BCUT2D eigenvalue weighted by Crippen LogP contribution is -2.28. The van der Waals surface area contributed by atoms with E-state index in [1.165, 1.54) is 0 Å². The molecule has 2 heterocycles. The van der Waals surface area contributed by atoms with E-state index in [4.69, 9.17) is 22.5 Å². The van der Waals surface area contributed by atoms with Crippen molar-refractivity contribution in [3.8, 4) is 0 Å². The molecule has 0 saturated heterocycles. The van der Waals surface area contributed by atoms with E-state index in [0.717, 1.165) is 11.4 Å². The van der Waals surface area contributed by atoms with Crippen molar-refractivity contribution in [1.29, 1.82) is 0 Å². The standard InChI is InChI=1S/C14H16ClN5O/c15-12-3-4-14(18-9-12)20(7-5-13(16)19-21)10-11-2-1-6-17-8-11/h1-4,6,8-9,21H,5,7,10H2,(H2,16,19). The van der Waals surface area contributed by atoms with Crippen LogP contribution in [0.25, 0.3) is 0 Å². The molecular weight excluding hydrogens is 290 g/mol. The number of pyridine rings is 2. The fourth-order valence-corrected chi connectivity index (χ4v) is 1.95. The molecule has 0 aromatic carbocycles. The second kappa shape index (κ2) is 7.44. The lowest BCUT2D eigenvalue weighted by Gasteiger charge is -2.23. The van der Waals surface area contributed by atoms with Gasteiger partial charge in [-0.3, -0.25) is 4.98 Å². The van der Waals surface area contributed by atoms with E-state index < -0.39 is 0 Å². The molecule has 0 radical (unpaired) electrons. The molecule has 2 aromatic rings. The number of hydrogen-bond acceptors (Lipinski definition) is 5. The molecule has 6 nitrogen and oxygen atoms in total. The van der Waals surface area contributed by atoms with Gasteiger partial charge in [-0.2, -0.15) is 0 Å². The Morgan fingerprint density at radius 2 is 2.19 bits per heavy atom. The van der Waals surface area contributed by atoms with Gasteiger partial charge in [0.05, 0.1) is 5.02 Å². The monoisotopic (exact) mass is 305 g/mol. The maximum absolute atomic E-state index is 8.65. The van der Waals surface area contributed by atoms with Gasteiger partial charge in [0.25, 0.3) is 0 Å². The van der Waals surface area contributed by atoms with Crippen molar-refractivity contribution >= 4 is 23.3 Å². The Bertz CT molecular complexity index is 588. The van der Waals surface area contributed by atoms with E-state index >= 15 is 0 Å². The van der Waals surface area contributed by atoms with Crippen LogP contribution in [0.5, 0.6) is 0 Å². The molecule has 0 amide bonds. The quantitative estimate of drug-likeness (QED) is 0.370. The number of nitrogens with zero attached hydrogens (tertiary/aromatic N) is 4. The second-order valence-corrected chi connectivity index (χ2v) is 4.90. The van der Waals surface area contributed by atoms with Gasteiger partial charge in [-0.25, -0.2) is 4.98 Å². The molecule has 2 rings (SSSR count). The van der Waals surface area contributed by atoms with Crippen LogP contribution in [0, 0.1) is 0 Å². The second-order valence-electron chi connectivity index (χ2n) is 4.46. The third kappa shape index (κ3) is 4.61. The van der Waals surface area contributed by atoms with Crippen molar-refractivity contribution in [2.75, 3.05) is 11.4 Å². The molecule has 0 saturated carbocycles. The van der Waals surface area contributed by atoms with Crippen LogP contribution in [0.2, 0.25) is 5.02 Å². The van der Waals surface area contributed by atoms with Crippen molar-refractivity contribution in [2.24, 2.45) is 10.9 Å². The third-order valence-electron chi connectivity index (χ3n) is 2.90. The lowest BCUT2D eigenvalue weighted by atomic mass is 10.2. The number of hydrogen-bond donors (Lipinski definition) is 2. The first kappa shape index (κ1) is 15.1. The molecule has 0 unspecified atom stereocenters. The smallest absolute Gasteiger partial charge is 0.140 e. The highest BCUT2D eigenvalue weighted by Crippen LogP contribution is 2.17. The van der Waals surface area contributed by atoms with E-state index in [1.54, 1.807) is 24.7 Å². The highest BCUT2D eigenvalue weighted by molar-refractivity contribution is 6.30. The Morgan fingerprint density at radius 3 is 2.81 bits per heavy atom. The van der Waals surface area contributed by atoms with Gasteiger partial charge < -0.3 is 15.8 Å². The fraction of sp³-hybridized carbons (Fsp3) is 0.214. The molecule has 3 N–H and O–H groups in total. The molecule has 0 aliphatic carbocycles. The van der Waals surface area contributed by atoms with E-state index in [1.807, 2.05) is 23.1 Å². The van der Waals surface area contributed by atoms with Crippen LogP contribution < -0.4 is 10.6 Å². The van der Waals surface area contributed by atoms with Gasteiger partial charge in [0.2, 0.25) is 0 Å². The fourth-order valence-electron chi connectivity index (χ4n) is 1.84. The minimum absolute atomic E-state index is 0.181. The topological polar surface area (TPSA) is 87.6 Å². The van der Waals surface area contributed by atoms with E-state index in [2.05, 4.69) is 15.1 Å². The number of nitrogens with two attached hydrogens (primary N) is 1. The van der Waals surface area contributed by atoms with Gasteiger partial charge in [0.1, 0.15) is 11.7 Å². The Balaban J connectivity index is 2.15. The summed E-state index contributed by atoms with van der Waals surface area (Å²) in [4.78, 5) is 10.4. The number of halogens is 1. The number of anilines is 1. The highest BCUT2D eigenvalue weighted by Gasteiger charge is 2.10.